The van der Waals surface area contributed by atoms with Crippen LogP contribution in [0, 0.1) is 15.5 Å². The lowest BCUT2D eigenvalue weighted by Crippen LogP contribution is -2.43. The minimum Gasteiger partial charge on any atom is -0.497 e. The van der Waals surface area contributed by atoms with E-state index >= 15 is 0 Å². The van der Waals surface area contributed by atoms with Gasteiger partial charge in [0.25, 0.3) is 5.69 Å². The maximum Gasteiger partial charge on any atom is 0.269 e. The Morgan fingerprint density at radius 2 is 1.73 bits per heavy atom. The van der Waals surface area contributed by atoms with Gasteiger partial charge in [0.15, 0.2) is 5.78 Å². The Labute approximate surface area is 191 Å². The van der Waals surface area contributed by atoms with Gasteiger partial charge in [0.1, 0.15) is 11.5 Å². The van der Waals surface area contributed by atoms with Crippen LogP contribution in [-0.2, 0) is 9.59 Å². The first-order chi connectivity index (χ1) is 15.6. The molecule has 172 valence electrons. The van der Waals surface area contributed by atoms with E-state index in [1.807, 2.05) is 19.9 Å². The average molecular weight is 450 g/mol. The van der Waals surface area contributed by atoms with E-state index in [0.717, 1.165) is 5.56 Å². The predicted molar refractivity (Wildman–Crippen MR) is 123 cm³/mol. The summed E-state index contributed by atoms with van der Waals surface area (Å²) >= 11 is 0. The lowest BCUT2D eigenvalue weighted by atomic mass is 9.69. The number of methoxy groups -OCH3 is 2. The van der Waals surface area contributed by atoms with Crippen LogP contribution in [0.2, 0.25) is 0 Å². The maximum atomic E-state index is 13.5. The Morgan fingerprint density at radius 3 is 2.33 bits per heavy atom. The second kappa shape index (κ2) is 8.35. The fourth-order valence-electron chi connectivity index (χ4n) is 4.81. The topological polar surface area (TPSA) is 99.0 Å². The van der Waals surface area contributed by atoms with Crippen molar-refractivity contribution in [3.8, 4) is 11.5 Å². The minimum atomic E-state index is -0.480. The first-order valence-electron chi connectivity index (χ1n) is 10.7. The molecule has 0 aromatic heterocycles. The highest BCUT2D eigenvalue weighted by Crippen LogP contribution is 2.49. The van der Waals surface area contributed by atoms with Crippen LogP contribution in [0.1, 0.15) is 44.6 Å². The standard InChI is InChI=1S/C25H26N2O6/c1-25(2)13-20-24(21(28)14-25)19(18-10-9-17(32-3)11-22(18)33-4)12-23(29)26(20)15-5-7-16(8-6-15)27(30)31/h5-11,19H,12-14H2,1-4H3. The zero-order chi connectivity index (χ0) is 23.9. The second-order valence-corrected chi connectivity index (χ2v) is 9.17. The summed E-state index contributed by atoms with van der Waals surface area (Å²) in [5, 5.41) is 11.1. The molecule has 2 aromatic rings. The van der Waals surface area contributed by atoms with E-state index < -0.39 is 10.8 Å². The summed E-state index contributed by atoms with van der Waals surface area (Å²) in [5.41, 5.74) is 2.17. The third-order valence-corrected chi connectivity index (χ3v) is 6.28. The van der Waals surface area contributed by atoms with Crippen molar-refractivity contribution in [3.63, 3.8) is 0 Å². The number of nitro groups is 1. The summed E-state index contributed by atoms with van der Waals surface area (Å²) in [7, 11) is 3.11. The van der Waals surface area contributed by atoms with E-state index in [9.17, 15) is 19.7 Å². The summed E-state index contributed by atoms with van der Waals surface area (Å²) in [4.78, 5) is 39.0. The van der Waals surface area contributed by atoms with E-state index in [2.05, 4.69) is 0 Å². The van der Waals surface area contributed by atoms with Crippen molar-refractivity contribution in [2.24, 2.45) is 5.41 Å². The molecule has 4 rings (SSSR count). The molecule has 0 radical (unpaired) electrons. The van der Waals surface area contributed by atoms with Crippen LogP contribution in [0.25, 0.3) is 0 Å². The molecule has 0 N–H and O–H groups in total. The Morgan fingerprint density at radius 1 is 1.03 bits per heavy atom. The number of carbonyl (C=O) groups excluding carboxylic acids is 2. The van der Waals surface area contributed by atoms with Crippen LogP contribution in [0.4, 0.5) is 11.4 Å². The number of nitrogens with zero attached hydrogens (tertiary/aromatic N) is 2. The van der Waals surface area contributed by atoms with Crippen molar-refractivity contribution in [1.29, 1.82) is 0 Å². The van der Waals surface area contributed by atoms with Crippen LogP contribution in [0.15, 0.2) is 53.7 Å². The van der Waals surface area contributed by atoms with E-state index in [1.54, 1.807) is 43.4 Å². The molecule has 33 heavy (non-hydrogen) atoms. The highest BCUT2D eigenvalue weighted by Gasteiger charge is 2.45. The van der Waals surface area contributed by atoms with Gasteiger partial charge in [-0.05, 0) is 30.0 Å². The molecule has 1 aliphatic heterocycles. The number of ketones is 1. The van der Waals surface area contributed by atoms with E-state index in [4.69, 9.17) is 9.47 Å². The third-order valence-electron chi connectivity index (χ3n) is 6.28. The molecule has 0 saturated carbocycles. The van der Waals surface area contributed by atoms with E-state index in [0.29, 0.717) is 41.3 Å². The van der Waals surface area contributed by atoms with Crippen LogP contribution >= 0.6 is 0 Å². The number of carbonyl (C=O) groups is 2. The molecule has 1 heterocycles. The average Bonchev–Trinajstić information content (AvgIpc) is 2.77. The molecule has 0 bridgehead atoms. The maximum absolute atomic E-state index is 13.5. The van der Waals surface area contributed by atoms with Gasteiger partial charge in [0.2, 0.25) is 5.91 Å². The molecule has 0 saturated heterocycles. The summed E-state index contributed by atoms with van der Waals surface area (Å²) in [6.07, 6.45) is 1.000. The molecule has 2 aliphatic rings. The molecule has 1 amide bonds. The minimum absolute atomic E-state index is 0.00327. The van der Waals surface area contributed by atoms with Crippen LogP contribution < -0.4 is 14.4 Å². The van der Waals surface area contributed by atoms with Gasteiger partial charge in [-0.25, -0.2) is 0 Å². The molecule has 1 aliphatic carbocycles. The first-order valence-corrected chi connectivity index (χ1v) is 10.7. The smallest absolute Gasteiger partial charge is 0.269 e. The normalized spacial score (nSPS) is 19.9. The van der Waals surface area contributed by atoms with Crippen molar-refractivity contribution in [2.75, 3.05) is 19.1 Å². The highest BCUT2D eigenvalue weighted by atomic mass is 16.6. The van der Waals surface area contributed by atoms with Gasteiger partial charge in [0.05, 0.1) is 19.1 Å². The zero-order valence-electron chi connectivity index (χ0n) is 19.1. The number of hydrogen-bond acceptors (Lipinski definition) is 6. The van der Waals surface area contributed by atoms with Gasteiger partial charge >= 0.3 is 0 Å². The molecule has 8 heteroatoms. The number of rotatable bonds is 5. The van der Waals surface area contributed by atoms with E-state index in [1.165, 1.54) is 12.1 Å². The number of non-ortho nitro benzene ring substituents is 1. The largest absolute Gasteiger partial charge is 0.497 e. The van der Waals surface area contributed by atoms with Gasteiger partial charge in [-0.1, -0.05) is 19.9 Å². The van der Waals surface area contributed by atoms with Gasteiger partial charge < -0.3 is 9.47 Å². The van der Waals surface area contributed by atoms with Crippen molar-refractivity contribution in [2.45, 2.75) is 39.0 Å². The Bertz CT molecular complexity index is 1170. The molecule has 1 unspecified atom stereocenters. The highest BCUT2D eigenvalue weighted by molar-refractivity contribution is 6.08. The van der Waals surface area contributed by atoms with Crippen molar-refractivity contribution < 1.29 is 24.0 Å². The van der Waals surface area contributed by atoms with Crippen LogP contribution in [0.5, 0.6) is 11.5 Å². The summed E-state index contributed by atoms with van der Waals surface area (Å²) in [5.74, 6) is 0.571. The molecule has 0 fully saturated rings. The van der Waals surface area contributed by atoms with Gasteiger partial charge in [-0.2, -0.15) is 0 Å². The van der Waals surface area contributed by atoms with Crippen LogP contribution in [-0.4, -0.2) is 30.8 Å². The number of Topliss-reactive ketones (excluding diaryl/α,β-unsaturated/α-hetero) is 1. The quantitative estimate of drug-likeness (QED) is 0.480. The predicted octanol–water partition coefficient (Wildman–Crippen LogP) is 4.78. The molecule has 1 atom stereocenters. The number of nitro benzene ring substituents is 1. The summed E-state index contributed by atoms with van der Waals surface area (Å²) in [6, 6.07) is 11.2. The van der Waals surface area contributed by atoms with Gasteiger partial charge in [-0.3, -0.25) is 24.6 Å². The lowest BCUT2D eigenvalue weighted by molar-refractivity contribution is -0.384. The third kappa shape index (κ3) is 4.08. The Balaban J connectivity index is 1.88. The molecular formula is C25H26N2O6. The monoisotopic (exact) mass is 450 g/mol. The second-order valence-electron chi connectivity index (χ2n) is 9.17. The summed E-state index contributed by atoms with van der Waals surface area (Å²) in [6.45, 7) is 4.01. The molecule has 2 aromatic carbocycles. The molecule has 0 spiro atoms. The number of allylic oxidation sites excluding steroid dienone is 2. The Kier molecular flexibility index (Phi) is 5.69. The van der Waals surface area contributed by atoms with Crippen molar-refractivity contribution in [3.05, 3.63) is 69.4 Å². The van der Waals surface area contributed by atoms with Gasteiger partial charge in [-0.15, -0.1) is 0 Å². The lowest BCUT2D eigenvalue weighted by Gasteiger charge is -2.43. The zero-order valence-corrected chi connectivity index (χ0v) is 19.1. The number of hydrogen-bond donors (Lipinski definition) is 0. The van der Waals surface area contributed by atoms with E-state index in [-0.39, 0.29) is 29.2 Å². The SMILES string of the molecule is COc1ccc(C2CC(=O)N(c3ccc([N+](=O)[O-])cc3)C3=C2C(=O)CC(C)(C)C3)c(OC)c1. The molecular weight excluding hydrogens is 424 g/mol. The first kappa shape index (κ1) is 22.5. The fourth-order valence-corrected chi connectivity index (χ4v) is 4.81. The number of ether oxygens (including phenoxy) is 2. The van der Waals surface area contributed by atoms with Gasteiger partial charge in [0, 0.05) is 59.5 Å². The fraction of sp³-hybridized carbons (Fsp3) is 0.360. The Hall–Kier alpha value is -3.68. The van der Waals surface area contributed by atoms with Crippen LogP contribution in [0.3, 0.4) is 0 Å². The number of amides is 1. The summed E-state index contributed by atoms with van der Waals surface area (Å²) < 4.78 is 10.9. The number of benzene rings is 2. The number of anilines is 1. The van der Waals surface area contributed by atoms with Crippen molar-refractivity contribution >= 4 is 23.1 Å². The van der Waals surface area contributed by atoms with Crippen molar-refractivity contribution in [1.82, 2.24) is 0 Å². The molecule has 8 nitrogen and oxygen atoms in total.